The molecular weight excluding hydrogens is 276 g/mol. The molecule has 2 heterocycles. The number of fused-ring (bicyclic) bond motifs is 1. The van der Waals surface area contributed by atoms with Gasteiger partial charge in [0, 0.05) is 42.2 Å². The first-order valence-corrected chi connectivity index (χ1v) is 6.86. The summed E-state index contributed by atoms with van der Waals surface area (Å²) < 4.78 is 5.82. The summed E-state index contributed by atoms with van der Waals surface area (Å²) in [6.45, 7) is 0. The van der Waals surface area contributed by atoms with Gasteiger partial charge >= 0.3 is 0 Å². The third kappa shape index (κ3) is 2.69. The van der Waals surface area contributed by atoms with Crippen LogP contribution in [0.4, 0.5) is 0 Å². The summed E-state index contributed by atoms with van der Waals surface area (Å²) in [5, 5.41) is 0.935. The predicted octanol–water partition coefficient (Wildman–Crippen LogP) is 3.36. The first-order valence-electron chi connectivity index (χ1n) is 6.86. The minimum absolute atomic E-state index is 0.671. The fraction of sp³-hybridized carbons (Fsp3) is 0.0588. The Morgan fingerprint density at radius 1 is 1.27 bits per heavy atom. The van der Waals surface area contributed by atoms with E-state index in [9.17, 15) is 0 Å². The van der Waals surface area contributed by atoms with Crippen molar-refractivity contribution in [3.63, 3.8) is 0 Å². The van der Waals surface area contributed by atoms with Crippen molar-refractivity contribution < 1.29 is 4.74 Å². The lowest BCUT2D eigenvalue weighted by molar-refractivity contribution is 0.481. The molecule has 0 unspecified atom stereocenters. The molecule has 1 aromatic carbocycles. The number of ether oxygens (including phenoxy) is 1. The van der Waals surface area contributed by atoms with Gasteiger partial charge in [-0.25, -0.2) is 4.98 Å². The van der Waals surface area contributed by atoms with Gasteiger partial charge in [0.15, 0.2) is 0 Å². The Labute approximate surface area is 128 Å². The van der Waals surface area contributed by atoms with Gasteiger partial charge in [0.1, 0.15) is 17.1 Å². The number of nitrogens with two attached hydrogens (primary N) is 1. The second-order valence-corrected chi connectivity index (χ2v) is 4.69. The number of benzene rings is 1. The van der Waals surface area contributed by atoms with Gasteiger partial charge in [-0.15, -0.1) is 0 Å². The van der Waals surface area contributed by atoms with Crippen LogP contribution in [-0.2, 0) is 0 Å². The highest BCUT2D eigenvalue weighted by Crippen LogP contribution is 2.28. The Morgan fingerprint density at radius 2 is 2.09 bits per heavy atom. The second-order valence-electron chi connectivity index (χ2n) is 4.69. The zero-order valence-electron chi connectivity index (χ0n) is 12.2. The standard InChI is InChI=1S/C17H16N4O/c1-19-9-12(8-18)16-11-21-17-15(16)7-14(10-20-17)22-13-5-3-2-4-6-13/h2-11H,18H2,1H3,(H,20,21). The molecular formula is C17H16N4O. The van der Waals surface area contributed by atoms with Crippen molar-refractivity contribution in [1.29, 1.82) is 0 Å². The monoisotopic (exact) mass is 292 g/mol. The Bertz CT molecular complexity index is 834. The topological polar surface area (TPSA) is 76.3 Å². The highest BCUT2D eigenvalue weighted by atomic mass is 16.5. The molecule has 3 N–H and O–H groups in total. The van der Waals surface area contributed by atoms with E-state index in [1.165, 1.54) is 6.20 Å². The quantitative estimate of drug-likeness (QED) is 0.724. The van der Waals surface area contributed by atoms with Crippen LogP contribution in [0.25, 0.3) is 16.6 Å². The van der Waals surface area contributed by atoms with E-state index >= 15 is 0 Å². The number of aliphatic imine (C=N–C) groups is 1. The molecule has 3 rings (SSSR count). The van der Waals surface area contributed by atoms with Gasteiger partial charge in [-0.2, -0.15) is 0 Å². The van der Waals surface area contributed by atoms with Crippen LogP contribution in [-0.4, -0.2) is 23.2 Å². The fourth-order valence-electron chi connectivity index (χ4n) is 2.24. The summed E-state index contributed by atoms with van der Waals surface area (Å²) >= 11 is 0. The molecule has 0 spiro atoms. The van der Waals surface area contributed by atoms with Crippen molar-refractivity contribution in [3.05, 3.63) is 60.6 Å². The molecule has 0 aliphatic carbocycles. The average molecular weight is 292 g/mol. The molecule has 110 valence electrons. The number of hydrogen-bond donors (Lipinski definition) is 2. The first kappa shape index (κ1) is 13.9. The van der Waals surface area contributed by atoms with Crippen LogP contribution in [0.15, 0.2) is 60.0 Å². The molecule has 0 fully saturated rings. The van der Waals surface area contributed by atoms with Gasteiger partial charge in [0.2, 0.25) is 0 Å². The van der Waals surface area contributed by atoms with Gasteiger partial charge < -0.3 is 15.5 Å². The number of nitrogens with one attached hydrogen (secondary N) is 1. The van der Waals surface area contributed by atoms with Crippen molar-refractivity contribution in [2.45, 2.75) is 0 Å². The van der Waals surface area contributed by atoms with Gasteiger partial charge in [-0.1, -0.05) is 18.2 Å². The van der Waals surface area contributed by atoms with Crippen LogP contribution in [0.1, 0.15) is 5.56 Å². The Balaban J connectivity index is 2.01. The maximum atomic E-state index is 5.82. The lowest BCUT2D eigenvalue weighted by atomic mass is 10.1. The van der Waals surface area contributed by atoms with Crippen LogP contribution in [0.5, 0.6) is 11.5 Å². The number of para-hydroxylation sites is 1. The summed E-state index contributed by atoms with van der Waals surface area (Å²) in [7, 11) is 1.71. The maximum Gasteiger partial charge on any atom is 0.146 e. The maximum absolute atomic E-state index is 5.82. The number of allylic oxidation sites excluding steroid dienone is 1. The zero-order chi connectivity index (χ0) is 15.4. The number of pyridine rings is 1. The molecule has 0 radical (unpaired) electrons. The molecule has 0 bridgehead atoms. The van der Waals surface area contributed by atoms with Crippen LogP contribution >= 0.6 is 0 Å². The van der Waals surface area contributed by atoms with Crippen molar-refractivity contribution in [1.82, 2.24) is 9.97 Å². The molecule has 0 aliphatic rings. The molecule has 2 aromatic heterocycles. The SMILES string of the molecule is CN=CC(=CN)c1c[nH]c2ncc(Oc3ccccc3)cc12. The molecule has 0 amide bonds. The van der Waals surface area contributed by atoms with E-state index in [1.54, 1.807) is 19.5 Å². The number of hydrogen-bond acceptors (Lipinski definition) is 4. The molecule has 0 saturated carbocycles. The highest BCUT2D eigenvalue weighted by molar-refractivity contribution is 6.14. The van der Waals surface area contributed by atoms with E-state index in [0.717, 1.165) is 27.9 Å². The van der Waals surface area contributed by atoms with Gasteiger partial charge in [-0.3, -0.25) is 4.99 Å². The van der Waals surface area contributed by atoms with Crippen LogP contribution in [0.2, 0.25) is 0 Å². The van der Waals surface area contributed by atoms with Gasteiger partial charge in [-0.05, 0) is 18.2 Å². The van der Waals surface area contributed by atoms with Crippen molar-refractivity contribution in [2.75, 3.05) is 7.05 Å². The smallest absolute Gasteiger partial charge is 0.146 e. The summed E-state index contributed by atoms with van der Waals surface area (Å²) in [5.41, 5.74) is 8.23. The van der Waals surface area contributed by atoms with E-state index in [1.807, 2.05) is 42.6 Å². The molecule has 5 heteroatoms. The first-order chi connectivity index (χ1) is 10.8. The Kier molecular flexibility index (Phi) is 3.87. The van der Waals surface area contributed by atoms with Crippen molar-refractivity contribution in [2.24, 2.45) is 10.7 Å². The minimum atomic E-state index is 0.671. The third-order valence-electron chi connectivity index (χ3n) is 3.24. The number of H-pyrrole nitrogens is 1. The number of aromatic amines is 1. The fourth-order valence-corrected chi connectivity index (χ4v) is 2.24. The molecule has 0 saturated heterocycles. The van der Waals surface area contributed by atoms with Gasteiger partial charge in [0.05, 0.1) is 6.20 Å². The van der Waals surface area contributed by atoms with E-state index in [-0.39, 0.29) is 0 Å². The lowest BCUT2D eigenvalue weighted by Crippen LogP contribution is -1.91. The van der Waals surface area contributed by atoms with E-state index in [0.29, 0.717) is 5.75 Å². The average Bonchev–Trinajstić information content (AvgIpc) is 2.97. The summed E-state index contributed by atoms with van der Waals surface area (Å²) in [6, 6.07) is 11.5. The highest BCUT2D eigenvalue weighted by Gasteiger charge is 2.09. The minimum Gasteiger partial charge on any atom is -0.456 e. The number of rotatable bonds is 4. The Hall–Kier alpha value is -3.08. The summed E-state index contributed by atoms with van der Waals surface area (Å²) in [5.74, 6) is 1.44. The zero-order valence-corrected chi connectivity index (χ0v) is 12.2. The summed E-state index contributed by atoms with van der Waals surface area (Å²) in [4.78, 5) is 11.5. The van der Waals surface area contributed by atoms with E-state index < -0.39 is 0 Å². The Morgan fingerprint density at radius 3 is 2.82 bits per heavy atom. The van der Waals surface area contributed by atoms with Gasteiger partial charge in [0.25, 0.3) is 0 Å². The molecule has 3 aromatic rings. The van der Waals surface area contributed by atoms with E-state index in [4.69, 9.17) is 10.5 Å². The largest absolute Gasteiger partial charge is 0.456 e. The summed E-state index contributed by atoms with van der Waals surface area (Å²) in [6.07, 6.45) is 6.80. The molecule has 0 atom stereocenters. The van der Waals surface area contributed by atoms with Crippen LogP contribution in [0, 0.1) is 0 Å². The second kappa shape index (κ2) is 6.13. The predicted molar refractivity (Wildman–Crippen MR) is 89.2 cm³/mol. The van der Waals surface area contributed by atoms with E-state index in [2.05, 4.69) is 15.0 Å². The third-order valence-corrected chi connectivity index (χ3v) is 3.24. The normalized spacial score (nSPS) is 12.1. The van der Waals surface area contributed by atoms with Crippen molar-refractivity contribution >= 4 is 22.8 Å². The lowest BCUT2D eigenvalue weighted by Gasteiger charge is -2.05. The van der Waals surface area contributed by atoms with Crippen molar-refractivity contribution in [3.8, 4) is 11.5 Å². The molecule has 22 heavy (non-hydrogen) atoms. The molecule has 5 nitrogen and oxygen atoms in total. The molecule has 0 aliphatic heterocycles. The number of aromatic nitrogens is 2. The van der Waals surface area contributed by atoms with Crippen LogP contribution in [0.3, 0.4) is 0 Å². The number of nitrogens with zero attached hydrogens (tertiary/aromatic N) is 2. The van der Waals surface area contributed by atoms with Crippen LogP contribution < -0.4 is 10.5 Å².